The molecule has 2 aromatic rings. The lowest BCUT2D eigenvalue weighted by Crippen LogP contribution is -2.40. The van der Waals surface area contributed by atoms with E-state index in [0.717, 1.165) is 31.4 Å². The zero-order valence-electron chi connectivity index (χ0n) is 15.1. The molecular formula is C18H23N5O3. The van der Waals surface area contributed by atoms with Gasteiger partial charge in [-0.3, -0.25) is 14.3 Å². The van der Waals surface area contributed by atoms with E-state index in [1.165, 1.54) is 11.8 Å². The fourth-order valence-corrected chi connectivity index (χ4v) is 3.61. The SMILES string of the molecule is COc1nn(C)cc1C(=O)N1CCCC1Cn1nc(C2CC2)ccc1=O. The number of aromatic nitrogens is 4. The van der Waals surface area contributed by atoms with Crippen molar-refractivity contribution in [1.29, 1.82) is 0 Å². The van der Waals surface area contributed by atoms with Gasteiger partial charge in [-0.25, -0.2) is 4.68 Å². The van der Waals surface area contributed by atoms with Crippen molar-refractivity contribution < 1.29 is 9.53 Å². The molecule has 0 N–H and O–H groups in total. The molecular weight excluding hydrogens is 334 g/mol. The summed E-state index contributed by atoms with van der Waals surface area (Å²) in [6.45, 7) is 1.09. The maximum absolute atomic E-state index is 13.0. The first-order chi connectivity index (χ1) is 12.6. The number of likely N-dealkylation sites (tertiary alicyclic amines) is 1. The van der Waals surface area contributed by atoms with Crippen LogP contribution in [-0.4, -0.2) is 50.1 Å². The normalized spacial score (nSPS) is 19.8. The molecule has 1 aliphatic heterocycles. The molecule has 138 valence electrons. The summed E-state index contributed by atoms with van der Waals surface area (Å²) in [5.74, 6) is 0.709. The molecule has 2 aliphatic rings. The summed E-state index contributed by atoms with van der Waals surface area (Å²) >= 11 is 0. The van der Waals surface area contributed by atoms with Gasteiger partial charge in [0, 0.05) is 31.8 Å². The molecule has 2 aromatic heterocycles. The molecule has 1 saturated carbocycles. The van der Waals surface area contributed by atoms with E-state index in [0.29, 0.717) is 30.5 Å². The standard InChI is InChI=1S/C18H23N5O3/c1-21-11-14(17(20-21)26-2)18(25)22-9-3-4-13(22)10-23-16(24)8-7-15(19-23)12-5-6-12/h7-8,11-13H,3-6,9-10H2,1-2H3. The monoisotopic (exact) mass is 357 g/mol. The van der Waals surface area contributed by atoms with E-state index < -0.39 is 0 Å². The van der Waals surface area contributed by atoms with Crippen molar-refractivity contribution in [2.75, 3.05) is 13.7 Å². The molecule has 1 unspecified atom stereocenters. The lowest BCUT2D eigenvalue weighted by atomic mass is 10.2. The largest absolute Gasteiger partial charge is 0.479 e. The van der Waals surface area contributed by atoms with Crippen molar-refractivity contribution >= 4 is 5.91 Å². The second-order valence-electron chi connectivity index (χ2n) is 7.07. The van der Waals surface area contributed by atoms with Crippen molar-refractivity contribution in [3.05, 3.63) is 39.9 Å². The maximum atomic E-state index is 13.0. The number of aryl methyl sites for hydroxylation is 1. The van der Waals surface area contributed by atoms with Crippen molar-refractivity contribution in [2.45, 2.75) is 44.2 Å². The number of ether oxygens (including phenoxy) is 1. The van der Waals surface area contributed by atoms with E-state index >= 15 is 0 Å². The van der Waals surface area contributed by atoms with Gasteiger partial charge in [0.15, 0.2) is 0 Å². The van der Waals surface area contributed by atoms with Crippen molar-refractivity contribution in [3.8, 4) is 5.88 Å². The van der Waals surface area contributed by atoms with E-state index in [-0.39, 0.29) is 17.5 Å². The number of rotatable bonds is 5. The van der Waals surface area contributed by atoms with Crippen LogP contribution in [-0.2, 0) is 13.6 Å². The number of methoxy groups -OCH3 is 1. The van der Waals surface area contributed by atoms with E-state index in [9.17, 15) is 9.59 Å². The van der Waals surface area contributed by atoms with E-state index in [4.69, 9.17) is 4.74 Å². The number of carbonyl (C=O) groups excluding carboxylic acids is 1. The van der Waals surface area contributed by atoms with Gasteiger partial charge >= 0.3 is 0 Å². The lowest BCUT2D eigenvalue weighted by molar-refractivity contribution is 0.0717. The number of hydrogen-bond acceptors (Lipinski definition) is 5. The first kappa shape index (κ1) is 16.8. The molecule has 4 rings (SSSR count). The maximum Gasteiger partial charge on any atom is 0.266 e. The molecule has 26 heavy (non-hydrogen) atoms. The van der Waals surface area contributed by atoms with Gasteiger partial charge < -0.3 is 9.64 Å². The minimum Gasteiger partial charge on any atom is -0.479 e. The summed E-state index contributed by atoms with van der Waals surface area (Å²) < 4.78 is 8.31. The summed E-state index contributed by atoms with van der Waals surface area (Å²) in [5.41, 5.74) is 1.32. The number of nitrogens with zero attached hydrogens (tertiary/aromatic N) is 5. The highest BCUT2D eigenvalue weighted by molar-refractivity contribution is 5.96. The molecule has 1 aliphatic carbocycles. The highest BCUT2D eigenvalue weighted by atomic mass is 16.5. The van der Waals surface area contributed by atoms with Crippen LogP contribution in [0, 0.1) is 0 Å². The molecule has 0 aromatic carbocycles. The first-order valence-corrected chi connectivity index (χ1v) is 9.03. The Morgan fingerprint density at radius 2 is 2.08 bits per heavy atom. The van der Waals surface area contributed by atoms with Crippen LogP contribution in [0.4, 0.5) is 0 Å². The second-order valence-corrected chi connectivity index (χ2v) is 7.07. The fourth-order valence-electron chi connectivity index (χ4n) is 3.61. The van der Waals surface area contributed by atoms with Gasteiger partial charge in [0.1, 0.15) is 5.56 Å². The molecule has 0 bridgehead atoms. The summed E-state index contributed by atoms with van der Waals surface area (Å²) in [4.78, 5) is 27.0. The molecule has 1 atom stereocenters. The fraction of sp³-hybridized carbons (Fsp3) is 0.556. The zero-order chi connectivity index (χ0) is 18.3. The Hall–Kier alpha value is -2.64. The molecule has 1 amide bonds. The Kier molecular flexibility index (Phi) is 4.26. The van der Waals surface area contributed by atoms with Crippen LogP contribution in [0.25, 0.3) is 0 Å². The molecule has 8 nitrogen and oxygen atoms in total. The van der Waals surface area contributed by atoms with Gasteiger partial charge in [0.05, 0.1) is 25.4 Å². The number of amides is 1. The predicted octanol–water partition coefficient (Wildman–Crippen LogP) is 1.17. The molecule has 0 radical (unpaired) electrons. The summed E-state index contributed by atoms with van der Waals surface area (Å²) in [6, 6.07) is 3.37. The van der Waals surface area contributed by atoms with Gasteiger partial charge in [-0.15, -0.1) is 5.10 Å². The smallest absolute Gasteiger partial charge is 0.266 e. The highest BCUT2D eigenvalue weighted by Crippen LogP contribution is 2.38. The van der Waals surface area contributed by atoms with Crippen LogP contribution in [0.1, 0.15) is 47.7 Å². The third kappa shape index (κ3) is 3.11. The Bertz CT molecular complexity index is 883. The molecule has 8 heteroatoms. The van der Waals surface area contributed by atoms with Gasteiger partial charge in [0.25, 0.3) is 11.5 Å². The summed E-state index contributed by atoms with van der Waals surface area (Å²) in [7, 11) is 3.26. The van der Waals surface area contributed by atoms with Crippen LogP contribution in [0.15, 0.2) is 23.1 Å². The van der Waals surface area contributed by atoms with Crippen LogP contribution in [0.3, 0.4) is 0 Å². The van der Waals surface area contributed by atoms with Gasteiger partial charge in [-0.05, 0) is 31.7 Å². The third-order valence-electron chi connectivity index (χ3n) is 5.12. The first-order valence-electron chi connectivity index (χ1n) is 9.03. The molecule has 1 saturated heterocycles. The number of carbonyl (C=O) groups is 1. The lowest BCUT2D eigenvalue weighted by Gasteiger charge is -2.24. The molecule has 0 spiro atoms. The summed E-state index contributed by atoms with van der Waals surface area (Å²) in [6.07, 6.45) is 5.72. The van der Waals surface area contributed by atoms with Gasteiger partial charge in [-0.1, -0.05) is 0 Å². The van der Waals surface area contributed by atoms with Crippen LogP contribution >= 0.6 is 0 Å². The molecule has 3 heterocycles. The van der Waals surface area contributed by atoms with Gasteiger partial charge in [-0.2, -0.15) is 5.10 Å². The Morgan fingerprint density at radius 1 is 1.27 bits per heavy atom. The third-order valence-corrected chi connectivity index (χ3v) is 5.12. The average molecular weight is 357 g/mol. The van der Waals surface area contributed by atoms with Crippen LogP contribution in [0.2, 0.25) is 0 Å². The Morgan fingerprint density at radius 3 is 2.81 bits per heavy atom. The summed E-state index contributed by atoms with van der Waals surface area (Å²) in [5, 5.41) is 8.69. The molecule has 2 fully saturated rings. The topological polar surface area (TPSA) is 82.2 Å². The quantitative estimate of drug-likeness (QED) is 0.802. The minimum absolute atomic E-state index is 0.0490. The zero-order valence-corrected chi connectivity index (χ0v) is 15.1. The Labute approximate surface area is 151 Å². The van der Waals surface area contributed by atoms with Crippen LogP contribution in [0.5, 0.6) is 5.88 Å². The minimum atomic E-state index is -0.118. The number of hydrogen-bond donors (Lipinski definition) is 0. The van der Waals surface area contributed by atoms with E-state index in [1.54, 1.807) is 24.0 Å². The van der Waals surface area contributed by atoms with Crippen molar-refractivity contribution in [3.63, 3.8) is 0 Å². The average Bonchev–Trinajstić information content (AvgIpc) is 3.26. The van der Waals surface area contributed by atoms with Gasteiger partial charge in [0.2, 0.25) is 5.88 Å². The van der Waals surface area contributed by atoms with Crippen molar-refractivity contribution in [1.82, 2.24) is 24.5 Å². The van der Waals surface area contributed by atoms with E-state index in [2.05, 4.69) is 10.2 Å². The van der Waals surface area contributed by atoms with Crippen LogP contribution < -0.4 is 10.3 Å². The predicted molar refractivity (Wildman–Crippen MR) is 94.3 cm³/mol. The second kappa shape index (κ2) is 6.59. The van der Waals surface area contributed by atoms with E-state index in [1.807, 2.05) is 11.0 Å². The Balaban J connectivity index is 1.56. The van der Waals surface area contributed by atoms with Crippen molar-refractivity contribution in [2.24, 2.45) is 7.05 Å². The highest BCUT2D eigenvalue weighted by Gasteiger charge is 2.33.